The van der Waals surface area contributed by atoms with E-state index >= 15 is 0 Å². The zero-order chi connectivity index (χ0) is 17.3. The molecule has 2 aromatic rings. The summed E-state index contributed by atoms with van der Waals surface area (Å²) in [5.74, 6) is -0.924. The highest BCUT2D eigenvalue weighted by molar-refractivity contribution is 6.01. The van der Waals surface area contributed by atoms with Crippen molar-refractivity contribution in [1.82, 2.24) is 10.0 Å². The predicted molar refractivity (Wildman–Crippen MR) is 87.9 cm³/mol. The lowest BCUT2D eigenvalue weighted by atomic mass is 10.1. The number of carbonyl (C=O) groups is 1. The topological polar surface area (TPSA) is 72.4 Å². The van der Waals surface area contributed by atoms with Gasteiger partial charge in [0.25, 0.3) is 11.5 Å². The number of amides is 1. The summed E-state index contributed by atoms with van der Waals surface area (Å²) in [5, 5.41) is 2.87. The number of fused-ring (bicyclic) bond motifs is 1. The molecule has 1 amide bonds. The number of pyridine rings is 1. The Kier molecular flexibility index (Phi) is 4.35. The molecule has 1 aliphatic heterocycles. The summed E-state index contributed by atoms with van der Waals surface area (Å²) in [7, 11) is 1.33. The van der Waals surface area contributed by atoms with E-state index in [-0.39, 0.29) is 16.9 Å². The number of nitrogens with zero attached hydrogens (tertiary/aromatic N) is 1. The van der Waals surface area contributed by atoms with E-state index in [1.807, 2.05) is 0 Å². The maximum Gasteiger partial charge on any atom is 0.278 e. The molecule has 0 aliphatic carbocycles. The fraction of sp³-hybridized carbons (Fsp3) is 0.294. The van der Waals surface area contributed by atoms with Crippen molar-refractivity contribution in [3.8, 4) is 0 Å². The Morgan fingerprint density at radius 2 is 2.08 bits per heavy atom. The number of hydroxylamine groups is 1. The Morgan fingerprint density at radius 1 is 1.29 bits per heavy atom. The van der Waals surface area contributed by atoms with Crippen molar-refractivity contribution in [3.05, 3.63) is 57.3 Å². The van der Waals surface area contributed by atoms with Gasteiger partial charge in [-0.25, -0.2) is 9.87 Å². The van der Waals surface area contributed by atoms with Gasteiger partial charge < -0.3 is 9.88 Å². The molecule has 7 heteroatoms. The van der Waals surface area contributed by atoms with Crippen molar-refractivity contribution in [2.75, 3.05) is 12.4 Å². The minimum absolute atomic E-state index is 0.203. The summed E-state index contributed by atoms with van der Waals surface area (Å²) in [6, 6.07) is 6.03. The molecule has 0 atom stereocenters. The van der Waals surface area contributed by atoms with E-state index in [4.69, 9.17) is 4.84 Å². The minimum Gasteiger partial charge on any atom is -0.352 e. The third-order valence-electron chi connectivity index (χ3n) is 4.03. The van der Waals surface area contributed by atoms with Crippen molar-refractivity contribution in [2.45, 2.75) is 26.3 Å². The van der Waals surface area contributed by atoms with Gasteiger partial charge in [0.05, 0.1) is 24.0 Å². The molecule has 24 heavy (non-hydrogen) atoms. The third kappa shape index (κ3) is 2.90. The summed E-state index contributed by atoms with van der Waals surface area (Å²) in [6.07, 6.45) is 1.39. The quantitative estimate of drug-likeness (QED) is 0.843. The van der Waals surface area contributed by atoms with E-state index in [0.717, 1.165) is 12.0 Å². The van der Waals surface area contributed by atoms with Crippen LogP contribution in [0.2, 0.25) is 0 Å². The third-order valence-corrected chi connectivity index (χ3v) is 4.03. The van der Waals surface area contributed by atoms with Gasteiger partial charge in [0.1, 0.15) is 5.82 Å². The fourth-order valence-electron chi connectivity index (χ4n) is 2.97. The number of aryl methyl sites for hydroxylation is 1. The predicted octanol–water partition coefficient (Wildman–Crippen LogP) is 2.28. The molecule has 2 heterocycles. The summed E-state index contributed by atoms with van der Waals surface area (Å²) in [5.41, 5.74) is 4.24. The summed E-state index contributed by atoms with van der Waals surface area (Å²) >= 11 is 0. The SMILES string of the molecule is CONC(=O)c1c(Nc2ccc(C)cc2F)cc(=O)n2c1CCC2. The maximum atomic E-state index is 14.1. The first kappa shape index (κ1) is 16.2. The monoisotopic (exact) mass is 331 g/mol. The highest BCUT2D eigenvalue weighted by Crippen LogP contribution is 2.27. The standard InChI is InChI=1S/C17H18FN3O3/c1-10-5-6-12(11(18)8-10)19-13-9-15(22)21-7-3-4-14(21)16(13)17(23)20-24-2/h5-6,8-9,19H,3-4,7H2,1-2H3,(H,20,23). The van der Waals surface area contributed by atoms with Crippen molar-refractivity contribution in [1.29, 1.82) is 0 Å². The Balaban J connectivity index is 2.11. The zero-order valence-corrected chi connectivity index (χ0v) is 13.5. The van der Waals surface area contributed by atoms with Crippen molar-refractivity contribution >= 4 is 17.3 Å². The molecule has 1 aromatic heterocycles. The minimum atomic E-state index is -0.474. The van der Waals surface area contributed by atoms with Gasteiger partial charge in [-0.1, -0.05) is 6.07 Å². The molecule has 126 valence electrons. The molecule has 0 saturated carbocycles. The van der Waals surface area contributed by atoms with Crippen LogP contribution in [0.25, 0.3) is 0 Å². The second-order valence-corrected chi connectivity index (χ2v) is 5.72. The van der Waals surface area contributed by atoms with Gasteiger partial charge in [-0.15, -0.1) is 0 Å². The molecule has 0 fully saturated rings. The Bertz CT molecular complexity index is 861. The lowest BCUT2D eigenvalue weighted by molar-refractivity contribution is 0.0537. The summed E-state index contributed by atoms with van der Waals surface area (Å²) in [4.78, 5) is 29.3. The van der Waals surface area contributed by atoms with E-state index in [9.17, 15) is 14.0 Å². The molecule has 0 spiro atoms. The zero-order valence-electron chi connectivity index (χ0n) is 13.5. The van der Waals surface area contributed by atoms with Gasteiger partial charge >= 0.3 is 0 Å². The number of benzene rings is 1. The number of carbonyl (C=O) groups excluding carboxylic acids is 1. The van der Waals surface area contributed by atoms with Crippen molar-refractivity contribution in [2.24, 2.45) is 0 Å². The smallest absolute Gasteiger partial charge is 0.278 e. The number of anilines is 2. The number of halogens is 1. The van der Waals surface area contributed by atoms with Crippen LogP contribution < -0.4 is 16.4 Å². The molecule has 0 radical (unpaired) electrons. The summed E-state index contributed by atoms with van der Waals surface area (Å²) in [6.45, 7) is 2.35. The van der Waals surface area contributed by atoms with E-state index < -0.39 is 11.7 Å². The van der Waals surface area contributed by atoms with Gasteiger partial charge in [0, 0.05) is 18.3 Å². The first-order chi connectivity index (χ1) is 11.5. The van der Waals surface area contributed by atoms with Crippen LogP contribution in [0.15, 0.2) is 29.1 Å². The first-order valence-electron chi connectivity index (χ1n) is 7.64. The van der Waals surface area contributed by atoms with Crippen LogP contribution >= 0.6 is 0 Å². The van der Waals surface area contributed by atoms with Crippen molar-refractivity contribution in [3.63, 3.8) is 0 Å². The number of rotatable bonds is 4. The maximum absolute atomic E-state index is 14.1. The number of aromatic nitrogens is 1. The van der Waals surface area contributed by atoms with Crippen LogP contribution in [-0.2, 0) is 17.8 Å². The van der Waals surface area contributed by atoms with Gasteiger partial charge in [0.2, 0.25) is 0 Å². The average Bonchev–Trinajstić information content (AvgIpc) is 3.00. The van der Waals surface area contributed by atoms with E-state index in [1.165, 1.54) is 19.2 Å². The van der Waals surface area contributed by atoms with Crippen LogP contribution in [0.4, 0.5) is 15.8 Å². The number of nitrogens with one attached hydrogen (secondary N) is 2. The molecule has 0 bridgehead atoms. The van der Waals surface area contributed by atoms with Gasteiger partial charge in [-0.3, -0.25) is 14.4 Å². The lowest BCUT2D eigenvalue weighted by Crippen LogP contribution is -2.29. The lowest BCUT2D eigenvalue weighted by Gasteiger charge is -2.16. The highest BCUT2D eigenvalue weighted by Gasteiger charge is 2.25. The largest absolute Gasteiger partial charge is 0.352 e. The van der Waals surface area contributed by atoms with Crippen LogP contribution in [0.5, 0.6) is 0 Å². The van der Waals surface area contributed by atoms with Crippen LogP contribution in [0, 0.1) is 12.7 Å². The molecule has 3 rings (SSSR count). The molecule has 1 aliphatic rings. The van der Waals surface area contributed by atoms with Gasteiger partial charge in [-0.05, 0) is 37.5 Å². The molecule has 1 aromatic carbocycles. The highest BCUT2D eigenvalue weighted by atomic mass is 19.1. The van der Waals surface area contributed by atoms with Crippen LogP contribution in [-0.4, -0.2) is 17.6 Å². The molecule has 2 N–H and O–H groups in total. The molecule has 0 saturated heterocycles. The Morgan fingerprint density at radius 3 is 2.79 bits per heavy atom. The second kappa shape index (κ2) is 6.45. The van der Waals surface area contributed by atoms with E-state index in [2.05, 4.69) is 10.8 Å². The average molecular weight is 331 g/mol. The second-order valence-electron chi connectivity index (χ2n) is 5.72. The van der Waals surface area contributed by atoms with Crippen LogP contribution in [0.1, 0.15) is 28.0 Å². The normalized spacial score (nSPS) is 12.8. The molecule has 6 nitrogen and oxygen atoms in total. The number of hydrogen-bond acceptors (Lipinski definition) is 4. The summed E-state index contributed by atoms with van der Waals surface area (Å²) < 4.78 is 15.7. The molecular formula is C17H18FN3O3. The fourth-order valence-corrected chi connectivity index (χ4v) is 2.97. The van der Waals surface area contributed by atoms with Crippen LogP contribution in [0.3, 0.4) is 0 Å². The Hall–Kier alpha value is -2.67. The van der Waals surface area contributed by atoms with Gasteiger partial charge in [-0.2, -0.15) is 0 Å². The first-order valence-corrected chi connectivity index (χ1v) is 7.64. The molecule has 0 unspecified atom stereocenters. The van der Waals surface area contributed by atoms with Gasteiger partial charge in [0.15, 0.2) is 0 Å². The van der Waals surface area contributed by atoms with E-state index in [0.29, 0.717) is 24.2 Å². The Labute approximate surface area is 138 Å². The number of hydrogen-bond donors (Lipinski definition) is 2. The van der Waals surface area contributed by atoms with Crippen molar-refractivity contribution < 1.29 is 14.0 Å². The molecular weight excluding hydrogens is 313 g/mol. The van der Waals surface area contributed by atoms with E-state index in [1.54, 1.807) is 23.6 Å².